The van der Waals surface area contributed by atoms with Gasteiger partial charge >= 0.3 is 0 Å². The van der Waals surface area contributed by atoms with Crippen LogP contribution in [0.4, 0.5) is 0 Å². The van der Waals surface area contributed by atoms with Gasteiger partial charge in [0.25, 0.3) is 0 Å². The lowest BCUT2D eigenvalue weighted by Gasteiger charge is -2.10. The lowest BCUT2D eigenvalue weighted by atomic mass is 9.99. The number of fused-ring (bicyclic) bond motifs is 15. The Bertz CT molecular complexity index is 2010. The molecule has 0 aliphatic carbocycles. The van der Waals surface area contributed by atoms with Gasteiger partial charge in [-0.1, -0.05) is 36.4 Å². The van der Waals surface area contributed by atoms with Crippen LogP contribution < -0.4 is 0 Å². The molecule has 31 heavy (non-hydrogen) atoms. The third kappa shape index (κ3) is 1.74. The summed E-state index contributed by atoms with van der Waals surface area (Å²) in [5.74, 6) is 0. The van der Waals surface area contributed by atoms with Crippen LogP contribution in [-0.2, 0) is 0 Å². The first kappa shape index (κ1) is 15.5. The summed E-state index contributed by atoms with van der Waals surface area (Å²) in [4.78, 5) is 9.02. The summed E-state index contributed by atoms with van der Waals surface area (Å²) in [5, 5.41) is 7.33. The summed E-state index contributed by atoms with van der Waals surface area (Å²) in [6.45, 7) is 0. The van der Waals surface area contributed by atoms with Crippen LogP contribution >= 0.6 is 0 Å². The monoisotopic (exact) mass is 399 g/mol. The fourth-order valence-corrected chi connectivity index (χ4v) is 5.10. The molecule has 0 N–H and O–H groups in total. The zero-order valence-electron chi connectivity index (χ0n) is 16.2. The number of rotatable bonds is 0. The molecule has 0 bridgehead atoms. The fraction of sp³-hybridized carbons (Fsp3) is 0. The Hall–Kier alpha value is -4.38. The molecule has 0 spiro atoms. The number of benzene rings is 3. The number of para-hydroxylation sites is 2. The van der Waals surface area contributed by atoms with E-state index in [1.54, 1.807) is 0 Å². The number of nitrogens with zero attached hydrogens (tertiary/aromatic N) is 3. The van der Waals surface area contributed by atoms with Gasteiger partial charge in [-0.2, -0.15) is 0 Å². The molecule has 5 heterocycles. The normalized spacial score (nSPS) is 12.5. The molecule has 0 atom stereocenters. The Morgan fingerprint density at radius 2 is 1.32 bits per heavy atom. The molecule has 0 radical (unpaired) electrons. The van der Waals surface area contributed by atoms with Crippen molar-refractivity contribution in [1.82, 2.24) is 14.4 Å². The van der Waals surface area contributed by atoms with Gasteiger partial charge in [0, 0.05) is 46.3 Å². The van der Waals surface area contributed by atoms with E-state index in [0.717, 1.165) is 71.2 Å². The standard InChI is InChI=1S/C26H13N3O2/c1-3-7-18-15(5-1)21-23-20(14-9-10-27-13-17(14)26-28-11-12-29(23)26)24-22(25(21)30-18)16-6-2-4-8-19(16)31-24/h1-13H. The summed E-state index contributed by atoms with van der Waals surface area (Å²) in [6, 6.07) is 18.4. The first-order chi connectivity index (χ1) is 15.4. The maximum absolute atomic E-state index is 6.49. The summed E-state index contributed by atoms with van der Waals surface area (Å²) < 4.78 is 15.1. The highest BCUT2D eigenvalue weighted by Crippen LogP contribution is 2.46. The number of hydrogen-bond acceptors (Lipinski definition) is 4. The van der Waals surface area contributed by atoms with Gasteiger partial charge in [-0.05, 0) is 18.2 Å². The SMILES string of the molecule is c1ccc2c(c1)oc1c2c2oc3ccccc3c2c2c1c1ccncc1c1nccn12. The smallest absolute Gasteiger partial charge is 0.149 e. The highest BCUT2D eigenvalue weighted by Gasteiger charge is 2.24. The van der Waals surface area contributed by atoms with Crippen molar-refractivity contribution in [2.45, 2.75) is 0 Å². The number of aromatic nitrogens is 3. The van der Waals surface area contributed by atoms with Crippen molar-refractivity contribution in [2.24, 2.45) is 0 Å². The molecule has 5 nitrogen and oxygen atoms in total. The van der Waals surface area contributed by atoms with E-state index in [1.807, 2.05) is 61.2 Å². The van der Waals surface area contributed by atoms with Crippen LogP contribution in [0.25, 0.3) is 71.2 Å². The van der Waals surface area contributed by atoms with Gasteiger partial charge in [0.05, 0.1) is 21.7 Å². The first-order valence-electron chi connectivity index (χ1n) is 10.2. The zero-order chi connectivity index (χ0) is 20.1. The van der Waals surface area contributed by atoms with Crippen molar-refractivity contribution in [3.63, 3.8) is 0 Å². The zero-order valence-corrected chi connectivity index (χ0v) is 16.2. The van der Waals surface area contributed by atoms with Crippen LogP contribution in [0.3, 0.4) is 0 Å². The van der Waals surface area contributed by atoms with E-state index in [2.05, 4.69) is 32.6 Å². The third-order valence-corrected chi connectivity index (χ3v) is 6.33. The average Bonchev–Trinajstić information content (AvgIpc) is 3.53. The maximum atomic E-state index is 6.49. The minimum atomic E-state index is 0.828. The second-order valence-corrected chi connectivity index (χ2v) is 7.87. The molecule has 5 aromatic heterocycles. The van der Waals surface area contributed by atoms with Gasteiger partial charge in [-0.3, -0.25) is 9.38 Å². The van der Waals surface area contributed by atoms with E-state index in [9.17, 15) is 0 Å². The summed E-state index contributed by atoms with van der Waals surface area (Å²) in [6.07, 6.45) is 7.54. The molecular formula is C26H13N3O2. The van der Waals surface area contributed by atoms with E-state index >= 15 is 0 Å². The Kier molecular flexibility index (Phi) is 2.60. The van der Waals surface area contributed by atoms with Crippen LogP contribution in [0.2, 0.25) is 0 Å². The first-order valence-corrected chi connectivity index (χ1v) is 10.2. The Balaban J connectivity index is 1.88. The molecule has 0 saturated carbocycles. The van der Waals surface area contributed by atoms with E-state index < -0.39 is 0 Å². The average molecular weight is 399 g/mol. The molecule has 0 unspecified atom stereocenters. The molecule has 8 aromatic rings. The van der Waals surface area contributed by atoms with E-state index in [1.165, 1.54) is 0 Å². The minimum absolute atomic E-state index is 0.828. The Morgan fingerprint density at radius 3 is 2.10 bits per heavy atom. The van der Waals surface area contributed by atoms with Crippen molar-refractivity contribution >= 4 is 71.2 Å². The van der Waals surface area contributed by atoms with E-state index in [-0.39, 0.29) is 0 Å². The fourth-order valence-electron chi connectivity index (χ4n) is 5.10. The number of pyridine rings is 2. The Labute approximate surface area is 174 Å². The topological polar surface area (TPSA) is 56.5 Å². The second kappa shape index (κ2) is 5.21. The summed E-state index contributed by atoms with van der Waals surface area (Å²) >= 11 is 0. The molecule has 144 valence electrons. The molecule has 3 aromatic carbocycles. The number of furan rings is 2. The molecule has 0 fully saturated rings. The number of imidazole rings is 1. The van der Waals surface area contributed by atoms with Gasteiger partial charge in [0.15, 0.2) is 0 Å². The van der Waals surface area contributed by atoms with Crippen molar-refractivity contribution in [1.29, 1.82) is 0 Å². The van der Waals surface area contributed by atoms with Crippen LogP contribution in [-0.4, -0.2) is 14.4 Å². The predicted octanol–water partition coefficient (Wildman–Crippen LogP) is 6.83. The van der Waals surface area contributed by atoms with Crippen molar-refractivity contribution in [2.75, 3.05) is 0 Å². The lowest BCUT2D eigenvalue weighted by molar-refractivity contribution is 0.665. The highest BCUT2D eigenvalue weighted by atomic mass is 16.3. The largest absolute Gasteiger partial charge is 0.455 e. The molecule has 0 aliphatic heterocycles. The molecule has 0 aliphatic rings. The van der Waals surface area contributed by atoms with Gasteiger partial charge in [-0.25, -0.2) is 4.98 Å². The lowest BCUT2D eigenvalue weighted by Crippen LogP contribution is -1.92. The van der Waals surface area contributed by atoms with Crippen LogP contribution in [0, 0.1) is 0 Å². The van der Waals surface area contributed by atoms with Crippen LogP contribution in [0.5, 0.6) is 0 Å². The van der Waals surface area contributed by atoms with Crippen LogP contribution in [0.1, 0.15) is 0 Å². The maximum Gasteiger partial charge on any atom is 0.149 e. The molecule has 0 saturated heterocycles. The van der Waals surface area contributed by atoms with Crippen LogP contribution in [0.15, 0.2) is 88.2 Å². The van der Waals surface area contributed by atoms with Crippen molar-refractivity contribution in [3.8, 4) is 0 Å². The quantitative estimate of drug-likeness (QED) is 0.262. The van der Waals surface area contributed by atoms with E-state index in [0.29, 0.717) is 0 Å². The Morgan fingerprint density at radius 1 is 0.645 bits per heavy atom. The molecule has 5 heteroatoms. The second-order valence-electron chi connectivity index (χ2n) is 7.87. The minimum Gasteiger partial charge on any atom is -0.455 e. The molecule has 0 amide bonds. The van der Waals surface area contributed by atoms with Gasteiger partial charge in [0.1, 0.15) is 28.0 Å². The molecule has 8 rings (SSSR count). The van der Waals surface area contributed by atoms with Gasteiger partial charge in [-0.15, -0.1) is 0 Å². The van der Waals surface area contributed by atoms with Gasteiger partial charge < -0.3 is 8.83 Å². The summed E-state index contributed by atoms with van der Waals surface area (Å²) in [5.41, 5.74) is 5.29. The van der Waals surface area contributed by atoms with Crippen molar-refractivity contribution in [3.05, 3.63) is 79.4 Å². The highest BCUT2D eigenvalue weighted by molar-refractivity contribution is 6.37. The number of hydrogen-bond donors (Lipinski definition) is 0. The third-order valence-electron chi connectivity index (χ3n) is 6.33. The van der Waals surface area contributed by atoms with Crippen molar-refractivity contribution < 1.29 is 8.83 Å². The molecular weight excluding hydrogens is 386 g/mol. The predicted molar refractivity (Wildman–Crippen MR) is 123 cm³/mol. The van der Waals surface area contributed by atoms with Gasteiger partial charge in [0.2, 0.25) is 0 Å². The summed E-state index contributed by atoms with van der Waals surface area (Å²) in [7, 11) is 0. The van der Waals surface area contributed by atoms with E-state index in [4.69, 9.17) is 8.83 Å².